The lowest BCUT2D eigenvalue weighted by atomic mass is 9.95. The molecule has 0 heterocycles. The summed E-state index contributed by atoms with van der Waals surface area (Å²) in [5.74, 6) is 0.111. The van der Waals surface area contributed by atoms with Crippen molar-refractivity contribution in [3.05, 3.63) is 0 Å². The van der Waals surface area contributed by atoms with Crippen LogP contribution in [-0.2, 0) is 9.53 Å². The van der Waals surface area contributed by atoms with E-state index in [4.69, 9.17) is 4.74 Å². The van der Waals surface area contributed by atoms with Crippen LogP contribution < -0.4 is 10.6 Å². The Kier molecular flexibility index (Phi) is 6.52. The fourth-order valence-electron chi connectivity index (χ4n) is 2.37. The molecule has 0 radical (unpaired) electrons. The second-order valence-corrected chi connectivity index (χ2v) is 5.09. The van der Waals surface area contributed by atoms with Gasteiger partial charge in [-0.25, -0.2) is 0 Å². The fraction of sp³-hybridized carbons (Fsp3) is 0.923. The summed E-state index contributed by atoms with van der Waals surface area (Å²) in [6.07, 6.45) is 6.06. The van der Waals surface area contributed by atoms with Gasteiger partial charge in [-0.2, -0.15) is 0 Å². The van der Waals surface area contributed by atoms with Crippen LogP contribution in [0.2, 0.25) is 0 Å². The minimum absolute atomic E-state index is 0.111. The number of hydrogen-bond acceptors (Lipinski definition) is 3. The molecular weight excluding hydrogens is 216 g/mol. The van der Waals surface area contributed by atoms with Crippen molar-refractivity contribution >= 4 is 5.91 Å². The van der Waals surface area contributed by atoms with Crippen molar-refractivity contribution in [1.29, 1.82) is 0 Å². The van der Waals surface area contributed by atoms with Crippen LogP contribution in [-0.4, -0.2) is 37.7 Å². The number of rotatable bonds is 6. The van der Waals surface area contributed by atoms with Crippen LogP contribution in [0.1, 0.15) is 46.0 Å². The van der Waals surface area contributed by atoms with E-state index < -0.39 is 0 Å². The second-order valence-electron chi connectivity index (χ2n) is 5.09. The third-order valence-corrected chi connectivity index (χ3v) is 3.30. The zero-order chi connectivity index (χ0) is 12.7. The lowest BCUT2D eigenvalue weighted by Crippen LogP contribution is -2.49. The van der Waals surface area contributed by atoms with E-state index in [1.165, 1.54) is 19.3 Å². The maximum atomic E-state index is 11.9. The number of amides is 1. The van der Waals surface area contributed by atoms with Gasteiger partial charge < -0.3 is 15.4 Å². The van der Waals surface area contributed by atoms with E-state index >= 15 is 0 Å². The first-order chi connectivity index (χ1) is 8.13. The third kappa shape index (κ3) is 5.50. The van der Waals surface area contributed by atoms with Gasteiger partial charge in [0, 0.05) is 19.2 Å². The largest absolute Gasteiger partial charge is 0.383 e. The lowest BCUT2D eigenvalue weighted by Gasteiger charge is -2.25. The van der Waals surface area contributed by atoms with E-state index in [2.05, 4.69) is 10.6 Å². The second kappa shape index (κ2) is 7.67. The van der Waals surface area contributed by atoms with Gasteiger partial charge in [-0.1, -0.05) is 19.3 Å². The Labute approximate surface area is 104 Å². The average molecular weight is 242 g/mol. The number of hydrogen-bond donors (Lipinski definition) is 2. The summed E-state index contributed by atoms with van der Waals surface area (Å²) in [4.78, 5) is 11.9. The number of methoxy groups -OCH3 is 1. The fourth-order valence-corrected chi connectivity index (χ4v) is 2.37. The van der Waals surface area contributed by atoms with Gasteiger partial charge in [-0.3, -0.25) is 4.79 Å². The summed E-state index contributed by atoms with van der Waals surface area (Å²) in [5, 5.41) is 6.36. The summed E-state index contributed by atoms with van der Waals surface area (Å²) in [6.45, 7) is 4.55. The Balaban J connectivity index is 2.25. The highest BCUT2D eigenvalue weighted by molar-refractivity contribution is 5.81. The van der Waals surface area contributed by atoms with Crippen molar-refractivity contribution in [2.24, 2.45) is 0 Å². The molecule has 0 aromatic carbocycles. The molecule has 1 rings (SSSR count). The van der Waals surface area contributed by atoms with Crippen LogP contribution in [0, 0.1) is 0 Å². The third-order valence-electron chi connectivity index (χ3n) is 3.30. The predicted octanol–water partition coefficient (Wildman–Crippen LogP) is 1.45. The highest BCUT2D eigenvalue weighted by Crippen LogP contribution is 2.17. The van der Waals surface area contributed by atoms with Gasteiger partial charge in [0.25, 0.3) is 0 Å². The van der Waals surface area contributed by atoms with Crippen molar-refractivity contribution in [3.8, 4) is 0 Å². The topological polar surface area (TPSA) is 50.4 Å². The Morgan fingerprint density at radius 1 is 1.29 bits per heavy atom. The monoisotopic (exact) mass is 242 g/mol. The van der Waals surface area contributed by atoms with Gasteiger partial charge in [0.05, 0.1) is 12.6 Å². The summed E-state index contributed by atoms with van der Waals surface area (Å²) < 4.78 is 5.04. The van der Waals surface area contributed by atoms with Gasteiger partial charge in [0.1, 0.15) is 0 Å². The summed E-state index contributed by atoms with van der Waals surface area (Å²) in [7, 11) is 1.67. The predicted molar refractivity (Wildman–Crippen MR) is 69.0 cm³/mol. The first-order valence-corrected chi connectivity index (χ1v) is 6.69. The van der Waals surface area contributed by atoms with Crippen molar-refractivity contribution in [2.45, 2.75) is 64.1 Å². The van der Waals surface area contributed by atoms with Gasteiger partial charge in [-0.15, -0.1) is 0 Å². The lowest BCUT2D eigenvalue weighted by molar-refractivity contribution is -0.123. The number of carbonyl (C=O) groups is 1. The van der Waals surface area contributed by atoms with E-state index in [1.54, 1.807) is 7.11 Å². The average Bonchev–Trinajstić information content (AvgIpc) is 2.30. The molecule has 1 fully saturated rings. The van der Waals surface area contributed by atoms with E-state index in [0.29, 0.717) is 12.6 Å². The summed E-state index contributed by atoms with van der Waals surface area (Å²) in [5.41, 5.74) is 0. The first kappa shape index (κ1) is 14.5. The number of carbonyl (C=O) groups excluding carboxylic acids is 1. The minimum atomic E-state index is -0.151. The van der Waals surface area contributed by atoms with Gasteiger partial charge >= 0.3 is 0 Å². The Morgan fingerprint density at radius 2 is 1.94 bits per heavy atom. The zero-order valence-corrected chi connectivity index (χ0v) is 11.3. The zero-order valence-electron chi connectivity index (χ0n) is 11.3. The molecule has 100 valence electrons. The Morgan fingerprint density at radius 3 is 2.53 bits per heavy atom. The van der Waals surface area contributed by atoms with E-state index in [9.17, 15) is 4.79 Å². The molecular formula is C13H26N2O2. The van der Waals surface area contributed by atoms with Crippen molar-refractivity contribution in [2.75, 3.05) is 13.7 Å². The molecule has 0 aromatic heterocycles. The van der Waals surface area contributed by atoms with Crippen molar-refractivity contribution in [3.63, 3.8) is 0 Å². The van der Waals surface area contributed by atoms with E-state index in [1.807, 2.05) is 13.8 Å². The minimum Gasteiger partial charge on any atom is -0.383 e. The normalized spacial score (nSPS) is 20.9. The van der Waals surface area contributed by atoms with Gasteiger partial charge in [-0.05, 0) is 26.7 Å². The van der Waals surface area contributed by atoms with Crippen LogP contribution in [0.3, 0.4) is 0 Å². The van der Waals surface area contributed by atoms with Crippen LogP contribution >= 0.6 is 0 Å². The Bertz CT molecular complexity index is 227. The van der Waals surface area contributed by atoms with Gasteiger partial charge in [0.15, 0.2) is 0 Å². The molecule has 2 atom stereocenters. The highest BCUT2D eigenvalue weighted by atomic mass is 16.5. The molecule has 0 bridgehead atoms. The number of ether oxygens (including phenoxy) is 1. The first-order valence-electron chi connectivity index (χ1n) is 6.69. The molecule has 1 aliphatic rings. The van der Waals surface area contributed by atoms with Crippen LogP contribution in [0.5, 0.6) is 0 Å². The molecule has 2 N–H and O–H groups in total. The molecule has 1 saturated carbocycles. The van der Waals surface area contributed by atoms with Gasteiger partial charge in [0.2, 0.25) is 5.91 Å². The molecule has 1 amide bonds. The molecule has 0 aliphatic heterocycles. The van der Waals surface area contributed by atoms with Crippen molar-refractivity contribution < 1.29 is 9.53 Å². The van der Waals surface area contributed by atoms with Crippen LogP contribution in [0.4, 0.5) is 0 Å². The molecule has 1 aliphatic carbocycles. The quantitative estimate of drug-likeness (QED) is 0.741. The van der Waals surface area contributed by atoms with Crippen LogP contribution in [0.25, 0.3) is 0 Å². The molecule has 4 heteroatoms. The molecule has 0 spiro atoms. The maximum Gasteiger partial charge on any atom is 0.237 e. The van der Waals surface area contributed by atoms with Crippen molar-refractivity contribution in [1.82, 2.24) is 10.6 Å². The standard InChI is InChI=1S/C13H26N2O2/c1-10(9-17-3)14-11(2)13(16)15-12-7-5-4-6-8-12/h10-12,14H,4-9H2,1-3H3,(H,15,16). The maximum absolute atomic E-state index is 11.9. The molecule has 0 saturated heterocycles. The highest BCUT2D eigenvalue weighted by Gasteiger charge is 2.20. The SMILES string of the molecule is COCC(C)NC(C)C(=O)NC1CCCCC1. The molecule has 0 aromatic rings. The van der Waals surface area contributed by atoms with E-state index in [-0.39, 0.29) is 18.0 Å². The van der Waals surface area contributed by atoms with E-state index in [0.717, 1.165) is 12.8 Å². The molecule has 2 unspecified atom stereocenters. The summed E-state index contributed by atoms with van der Waals surface area (Å²) >= 11 is 0. The summed E-state index contributed by atoms with van der Waals surface area (Å²) in [6, 6.07) is 0.437. The smallest absolute Gasteiger partial charge is 0.237 e. The molecule has 4 nitrogen and oxygen atoms in total. The van der Waals surface area contributed by atoms with Crippen LogP contribution in [0.15, 0.2) is 0 Å². The number of nitrogens with one attached hydrogen (secondary N) is 2. The Hall–Kier alpha value is -0.610. The molecule has 17 heavy (non-hydrogen) atoms.